The van der Waals surface area contributed by atoms with Crippen molar-refractivity contribution in [3.63, 3.8) is 0 Å². The number of hydrogen-bond donors (Lipinski definition) is 0. The summed E-state index contributed by atoms with van der Waals surface area (Å²) >= 11 is 0. The second-order valence-electron chi connectivity index (χ2n) is 4.22. The van der Waals surface area contributed by atoms with Crippen LogP contribution < -0.4 is 14.2 Å². The van der Waals surface area contributed by atoms with Gasteiger partial charge in [-0.15, -0.1) is 0 Å². The van der Waals surface area contributed by atoms with Crippen LogP contribution in [0.2, 0.25) is 0 Å². The van der Waals surface area contributed by atoms with Gasteiger partial charge in [0.2, 0.25) is 6.79 Å². The molecule has 0 spiro atoms. The van der Waals surface area contributed by atoms with Gasteiger partial charge in [0.15, 0.2) is 24.4 Å². The molecule has 1 aromatic carbocycles. The monoisotopic (exact) mass is 280 g/mol. The zero-order chi connectivity index (χ0) is 14.4. The first-order chi connectivity index (χ1) is 9.74. The van der Waals surface area contributed by atoms with Gasteiger partial charge < -0.3 is 18.9 Å². The van der Waals surface area contributed by atoms with E-state index >= 15 is 0 Å². The Hall–Kier alpha value is -2.24. The zero-order valence-electron chi connectivity index (χ0n) is 11.2. The Balaban J connectivity index is 1.95. The second kappa shape index (κ2) is 6.79. The van der Waals surface area contributed by atoms with E-state index in [-0.39, 0.29) is 19.1 Å². The molecule has 6 heteroatoms. The highest BCUT2D eigenvalue weighted by molar-refractivity contribution is 5.82. The first-order valence-electron chi connectivity index (χ1n) is 6.42. The number of aldehydes is 1. The van der Waals surface area contributed by atoms with Gasteiger partial charge in [-0.1, -0.05) is 13.3 Å². The van der Waals surface area contributed by atoms with E-state index in [1.54, 1.807) is 0 Å². The molecule has 0 N–H and O–H groups in total. The van der Waals surface area contributed by atoms with Gasteiger partial charge in [0.1, 0.15) is 5.75 Å². The van der Waals surface area contributed by atoms with Crippen LogP contribution >= 0.6 is 0 Å². The highest BCUT2D eigenvalue weighted by Gasteiger charge is 2.18. The predicted molar refractivity (Wildman–Crippen MR) is 69.3 cm³/mol. The highest BCUT2D eigenvalue weighted by atomic mass is 16.7. The molecule has 108 valence electrons. The fraction of sp³-hybridized carbons (Fsp3) is 0.429. The summed E-state index contributed by atoms with van der Waals surface area (Å²) in [5, 5.41) is 0. The molecule has 0 aliphatic carbocycles. The molecule has 0 saturated carbocycles. The van der Waals surface area contributed by atoms with E-state index < -0.39 is 5.97 Å². The minimum atomic E-state index is -0.465. The molecule has 1 heterocycles. The van der Waals surface area contributed by atoms with Crippen molar-refractivity contribution in [3.8, 4) is 17.2 Å². The topological polar surface area (TPSA) is 71.1 Å². The fourth-order valence-electron chi connectivity index (χ4n) is 1.66. The molecule has 6 nitrogen and oxygen atoms in total. The van der Waals surface area contributed by atoms with Gasteiger partial charge in [-0.2, -0.15) is 0 Å². The lowest BCUT2D eigenvalue weighted by atomic mass is 10.2. The lowest BCUT2D eigenvalue weighted by Crippen LogP contribution is -2.16. The third-order valence-corrected chi connectivity index (χ3v) is 2.74. The highest BCUT2D eigenvalue weighted by Crippen LogP contribution is 2.37. The summed E-state index contributed by atoms with van der Waals surface area (Å²) in [6, 6.07) is 3.05. The van der Waals surface area contributed by atoms with Gasteiger partial charge in [-0.05, 0) is 12.5 Å². The molecule has 20 heavy (non-hydrogen) atoms. The van der Waals surface area contributed by atoms with Gasteiger partial charge in [0.05, 0.1) is 12.2 Å². The summed E-state index contributed by atoms with van der Waals surface area (Å²) in [5.41, 5.74) is 0.301. The van der Waals surface area contributed by atoms with E-state index in [9.17, 15) is 9.59 Å². The summed E-state index contributed by atoms with van der Waals surface area (Å²) in [6.45, 7) is 2.24. The Morgan fingerprint density at radius 2 is 2.10 bits per heavy atom. The molecule has 1 aromatic rings. The normalized spacial score (nSPS) is 12.1. The van der Waals surface area contributed by atoms with Crippen LogP contribution in [-0.4, -0.2) is 32.3 Å². The van der Waals surface area contributed by atoms with Crippen molar-refractivity contribution >= 4 is 12.3 Å². The predicted octanol–water partition coefficient (Wildman–Crippen LogP) is 1.95. The molecule has 0 amide bonds. The SMILES string of the molecule is CCCCOC(=O)COc1cc2c(cc1C=O)OCO2. The Morgan fingerprint density at radius 1 is 1.35 bits per heavy atom. The maximum atomic E-state index is 11.4. The Labute approximate surface area is 116 Å². The average molecular weight is 280 g/mol. The number of ether oxygens (including phenoxy) is 4. The van der Waals surface area contributed by atoms with Gasteiger partial charge in [-0.3, -0.25) is 4.79 Å². The summed E-state index contributed by atoms with van der Waals surface area (Å²) in [5.74, 6) is 0.791. The van der Waals surface area contributed by atoms with Crippen molar-refractivity contribution in [2.45, 2.75) is 19.8 Å². The van der Waals surface area contributed by atoms with Crippen LogP contribution in [0.4, 0.5) is 0 Å². The first kappa shape index (κ1) is 14.2. The van der Waals surface area contributed by atoms with Gasteiger partial charge in [-0.25, -0.2) is 4.79 Å². The Morgan fingerprint density at radius 3 is 2.80 bits per heavy atom. The minimum absolute atomic E-state index is 0.107. The quantitative estimate of drug-likeness (QED) is 0.432. The third-order valence-electron chi connectivity index (χ3n) is 2.74. The van der Waals surface area contributed by atoms with E-state index in [1.165, 1.54) is 12.1 Å². The molecule has 0 fully saturated rings. The van der Waals surface area contributed by atoms with Crippen molar-refractivity contribution < 1.29 is 28.5 Å². The standard InChI is InChI=1S/C14H16O6/c1-2-3-4-17-14(16)8-18-11-6-13-12(19-9-20-13)5-10(11)7-15/h5-7H,2-4,8-9H2,1H3. The second-order valence-corrected chi connectivity index (χ2v) is 4.22. The van der Waals surface area contributed by atoms with Crippen molar-refractivity contribution in [1.82, 2.24) is 0 Å². The molecular weight excluding hydrogens is 264 g/mol. The molecule has 1 aliphatic heterocycles. The van der Waals surface area contributed by atoms with E-state index in [4.69, 9.17) is 18.9 Å². The van der Waals surface area contributed by atoms with E-state index in [0.717, 1.165) is 12.8 Å². The number of carbonyl (C=O) groups is 2. The van der Waals surface area contributed by atoms with Crippen LogP contribution in [0.3, 0.4) is 0 Å². The van der Waals surface area contributed by atoms with Gasteiger partial charge in [0.25, 0.3) is 0 Å². The number of hydrogen-bond acceptors (Lipinski definition) is 6. The number of benzene rings is 1. The van der Waals surface area contributed by atoms with Gasteiger partial charge >= 0.3 is 5.97 Å². The van der Waals surface area contributed by atoms with Crippen molar-refractivity contribution in [3.05, 3.63) is 17.7 Å². The number of rotatable bonds is 7. The zero-order valence-corrected chi connectivity index (χ0v) is 11.2. The van der Waals surface area contributed by atoms with Crippen molar-refractivity contribution in [2.24, 2.45) is 0 Å². The van der Waals surface area contributed by atoms with Crippen LogP contribution in [0.25, 0.3) is 0 Å². The Bertz CT molecular complexity index is 497. The van der Waals surface area contributed by atoms with Crippen molar-refractivity contribution in [1.29, 1.82) is 0 Å². The van der Waals surface area contributed by atoms with Gasteiger partial charge in [0, 0.05) is 6.07 Å². The van der Waals surface area contributed by atoms with Crippen LogP contribution in [-0.2, 0) is 9.53 Å². The molecule has 1 aliphatic rings. The maximum absolute atomic E-state index is 11.4. The molecule has 0 radical (unpaired) electrons. The fourth-order valence-corrected chi connectivity index (χ4v) is 1.66. The smallest absolute Gasteiger partial charge is 0.344 e. The summed E-state index contributed by atoms with van der Waals surface area (Å²) in [6.07, 6.45) is 2.40. The van der Waals surface area contributed by atoms with Crippen LogP contribution in [0, 0.1) is 0 Å². The lowest BCUT2D eigenvalue weighted by molar-refractivity contribution is -0.146. The van der Waals surface area contributed by atoms with Crippen LogP contribution in [0.1, 0.15) is 30.1 Å². The lowest BCUT2D eigenvalue weighted by Gasteiger charge is -2.09. The maximum Gasteiger partial charge on any atom is 0.344 e. The van der Waals surface area contributed by atoms with E-state index in [1.807, 2.05) is 6.92 Å². The largest absolute Gasteiger partial charge is 0.481 e. The number of fused-ring (bicyclic) bond motifs is 1. The third kappa shape index (κ3) is 3.40. The summed E-state index contributed by atoms with van der Waals surface area (Å²) < 4.78 is 20.6. The summed E-state index contributed by atoms with van der Waals surface area (Å²) in [7, 11) is 0. The minimum Gasteiger partial charge on any atom is -0.481 e. The molecular formula is C14H16O6. The first-order valence-corrected chi connectivity index (χ1v) is 6.42. The Kier molecular flexibility index (Phi) is 4.81. The number of unbranched alkanes of at least 4 members (excludes halogenated alkanes) is 1. The molecule has 0 saturated heterocycles. The number of esters is 1. The number of carbonyl (C=O) groups excluding carboxylic acids is 2. The average Bonchev–Trinajstić information content (AvgIpc) is 2.91. The van der Waals surface area contributed by atoms with Crippen LogP contribution in [0.5, 0.6) is 17.2 Å². The molecule has 0 bridgehead atoms. The molecule has 0 unspecified atom stereocenters. The molecule has 0 atom stereocenters. The van der Waals surface area contributed by atoms with E-state index in [0.29, 0.717) is 30.0 Å². The summed E-state index contributed by atoms with van der Waals surface area (Å²) in [4.78, 5) is 22.4. The van der Waals surface area contributed by atoms with Crippen molar-refractivity contribution in [2.75, 3.05) is 20.0 Å². The van der Waals surface area contributed by atoms with Crippen LogP contribution in [0.15, 0.2) is 12.1 Å². The van der Waals surface area contributed by atoms with E-state index in [2.05, 4.69) is 0 Å². The molecule has 2 rings (SSSR count). The molecule has 0 aromatic heterocycles.